The lowest BCUT2D eigenvalue weighted by atomic mass is 9.87. The second kappa shape index (κ2) is 13.6. The smallest absolute Gasteiger partial charge is 0.416 e. The Morgan fingerprint density at radius 2 is 1.60 bits per heavy atom. The molecule has 1 aliphatic carbocycles. The number of aromatic nitrogens is 4. The van der Waals surface area contributed by atoms with Gasteiger partial charge in [0.2, 0.25) is 5.95 Å². The number of carbonyl (C=O) groups excluding carboxylic acids is 2. The quantitative estimate of drug-likeness (QED) is 0.183. The van der Waals surface area contributed by atoms with Gasteiger partial charge in [0.15, 0.2) is 0 Å². The first kappa shape index (κ1) is 35.0. The van der Waals surface area contributed by atoms with Gasteiger partial charge in [-0.05, 0) is 49.4 Å². The number of amides is 1. The highest BCUT2D eigenvalue weighted by molar-refractivity contribution is 5.78. The third-order valence-corrected chi connectivity index (χ3v) is 9.12. The summed E-state index contributed by atoms with van der Waals surface area (Å²) >= 11 is 0. The van der Waals surface area contributed by atoms with Gasteiger partial charge < -0.3 is 19.3 Å². The van der Waals surface area contributed by atoms with Crippen LogP contribution in [-0.4, -0.2) is 69.1 Å². The monoisotopic (exact) mass is 682 g/mol. The molecule has 0 N–H and O–H groups in total. The van der Waals surface area contributed by atoms with Crippen molar-refractivity contribution in [3.05, 3.63) is 59.7 Å². The predicted molar refractivity (Wildman–Crippen MR) is 160 cm³/mol. The van der Waals surface area contributed by atoms with Crippen LogP contribution in [0.1, 0.15) is 62.1 Å². The van der Waals surface area contributed by atoms with E-state index in [9.17, 15) is 35.9 Å². The zero-order valence-corrected chi connectivity index (χ0v) is 26.6. The summed E-state index contributed by atoms with van der Waals surface area (Å²) < 4.78 is 94.6. The molecule has 1 aromatic carbocycles. The lowest BCUT2D eigenvalue weighted by Crippen LogP contribution is -2.42. The Morgan fingerprint density at radius 3 is 2.12 bits per heavy atom. The number of halogens is 6. The van der Waals surface area contributed by atoms with Crippen LogP contribution in [0.25, 0.3) is 11.1 Å². The normalized spacial score (nSPS) is 19.4. The Kier molecular flexibility index (Phi) is 9.92. The number of alkyl halides is 6. The van der Waals surface area contributed by atoms with Gasteiger partial charge in [-0.15, -0.1) is 0 Å². The van der Waals surface area contributed by atoms with Crippen LogP contribution in [-0.2, 0) is 40.2 Å². The minimum absolute atomic E-state index is 0.0291. The molecule has 5 rings (SSSR count). The highest BCUT2D eigenvalue weighted by Crippen LogP contribution is 2.40. The molecule has 0 bridgehead atoms. The van der Waals surface area contributed by atoms with Crippen molar-refractivity contribution in [3.8, 4) is 11.1 Å². The third kappa shape index (κ3) is 7.51. The number of anilines is 1. The van der Waals surface area contributed by atoms with Gasteiger partial charge in [-0.3, -0.25) is 9.48 Å². The van der Waals surface area contributed by atoms with E-state index in [2.05, 4.69) is 15.1 Å². The number of hydrogen-bond acceptors (Lipinski definition) is 8. The minimum atomic E-state index is -5.02. The van der Waals surface area contributed by atoms with E-state index in [1.807, 2.05) is 6.92 Å². The van der Waals surface area contributed by atoms with E-state index in [1.165, 1.54) is 29.3 Å². The number of carbonyl (C=O) groups is 2. The first-order chi connectivity index (χ1) is 22.6. The second-order valence-electron chi connectivity index (χ2n) is 12.4. The summed E-state index contributed by atoms with van der Waals surface area (Å²) in [6.07, 6.45) is -0.992. The van der Waals surface area contributed by atoms with Crippen LogP contribution < -0.4 is 4.90 Å². The third-order valence-electron chi connectivity index (χ3n) is 9.12. The van der Waals surface area contributed by atoms with Gasteiger partial charge in [-0.25, -0.2) is 14.8 Å². The van der Waals surface area contributed by atoms with Crippen molar-refractivity contribution in [1.82, 2.24) is 24.6 Å². The molecule has 0 spiro atoms. The van der Waals surface area contributed by atoms with E-state index >= 15 is 0 Å². The van der Waals surface area contributed by atoms with Crippen LogP contribution in [0.4, 0.5) is 37.1 Å². The molecular weight excluding hydrogens is 646 g/mol. The predicted octanol–water partition coefficient (Wildman–Crippen LogP) is 6.64. The molecule has 2 atom stereocenters. The molecule has 0 unspecified atom stereocenters. The summed E-state index contributed by atoms with van der Waals surface area (Å²) in [4.78, 5) is 37.9. The number of benzene rings is 1. The number of ether oxygens (including phenoxy) is 2. The lowest BCUT2D eigenvalue weighted by molar-refractivity contribution is -0.155. The summed E-state index contributed by atoms with van der Waals surface area (Å²) in [5.41, 5.74) is -2.76. The van der Waals surface area contributed by atoms with Gasteiger partial charge in [-0.1, -0.05) is 19.8 Å². The Balaban J connectivity index is 1.46. The minimum Gasteiger partial charge on any atom is -0.468 e. The van der Waals surface area contributed by atoms with Gasteiger partial charge in [0.1, 0.15) is 12.0 Å². The van der Waals surface area contributed by atoms with Crippen molar-refractivity contribution in [2.45, 2.75) is 76.4 Å². The number of hydrogen-bond donors (Lipinski definition) is 0. The number of rotatable bonds is 9. The zero-order chi connectivity index (χ0) is 34.9. The zero-order valence-electron chi connectivity index (χ0n) is 26.6. The Hall–Kier alpha value is -4.37. The molecule has 10 nitrogen and oxygen atoms in total. The van der Waals surface area contributed by atoms with Crippen molar-refractivity contribution < 1.29 is 45.4 Å². The summed E-state index contributed by atoms with van der Waals surface area (Å²) in [5, 5.41) is 4.12. The maximum Gasteiger partial charge on any atom is 0.416 e. The Labute approximate surface area is 273 Å². The molecule has 1 saturated carbocycles. The summed E-state index contributed by atoms with van der Waals surface area (Å²) in [6.45, 7) is 1.31. The summed E-state index contributed by atoms with van der Waals surface area (Å²) in [7, 11) is 3.01. The van der Waals surface area contributed by atoms with Gasteiger partial charge in [-0.2, -0.15) is 31.4 Å². The molecule has 3 aromatic rings. The van der Waals surface area contributed by atoms with E-state index < -0.39 is 53.5 Å². The molecule has 48 heavy (non-hydrogen) atoms. The van der Waals surface area contributed by atoms with Crippen molar-refractivity contribution in [1.29, 1.82) is 0 Å². The number of likely N-dealkylation sites (tertiary alicyclic amines) is 1. The average Bonchev–Trinajstić information content (AvgIpc) is 3.82. The van der Waals surface area contributed by atoms with Gasteiger partial charge in [0.25, 0.3) is 0 Å². The Bertz CT molecular complexity index is 1570. The maximum atomic E-state index is 13.7. The fourth-order valence-corrected chi connectivity index (χ4v) is 6.55. The number of nitrogens with zero attached hydrogens (tertiary/aromatic N) is 6. The SMILES string of the molecule is CC[C@@H]1C[C@H](N(Cc2cc(C(F)(F)F)cc(C(F)(F)F)c2)c2ncc(-c3cnn(C)c3)cn2)CN1C(=O)OCC1(C(=O)OC)CCCC1. The number of methoxy groups -OCH3 is 1. The summed E-state index contributed by atoms with van der Waals surface area (Å²) in [6, 6.07) is 0.469. The van der Waals surface area contributed by atoms with Crippen molar-refractivity contribution in [3.63, 3.8) is 0 Å². The summed E-state index contributed by atoms with van der Waals surface area (Å²) in [5.74, 6) is -0.393. The van der Waals surface area contributed by atoms with Crippen LogP contribution in [0.15, 0.2) is 43.0 Å². The second-order valence-corrected chi connectivity index (χ2v) is 12.4. The van der Waals surface area contributed by atoms with Crippen LogP contribution in [0.3, 0.4) is 0 Å². The van der Waals surface area contributed by atoms with Crippen LogP contribution in [0.2, 0.25) is 0 Å². The first-order valence-electron chi connectivity index (χ1n) is 15.5. The molecule has 2 aromatic heterocycles. The van der Waals surface area contributed by atoms with Crippen molar-refractivity contribution >= 4 is 18.0 Å². The van der Waals surface area contributed by atoms with Crippen LogP contribution in [0.5, 0.6) is 0 Å². The topological polar surface area (TPSA) is 103 Å². The van der Waals surface area contributed by atoms with Crippen LogP contribution >= 0.6 is 0 Å². The molecule has 3 heterocycles. The Morgan fingerprint density at radius 1 is 0.979 bits per heavy atom. The lowest BCUT2D eigenvalue weighted by Gasteiger charge is -2.30. The molecule has 260 valence electrons. The molecule has 2 aliphatic rings. The molecule has 2 fully saturated rings. The fraction of sp³-hybridized carbons (Fsp3) is 0.531. The van der Waals surface area contributed by atoms with Crippen LogP contribution in [0, 0.1) is 5.41 Å². The van der Waals surface area contributed by atoms with Crippen molar-refractivity contribution in [2.75, 3.05) is 25.2 Å². The highest BCUT2D eigenvalue weighted by Gasteiger charge is 2.45. The van der Waals surface area contributed by atoms with E-state index in [4.69, 9.17) is 9.47 Å². The van der Waals surface area contributed by atoms with Gasteiger partial charge in [0, 0.05) is 55.9 Å². The molecule has 1 amide bonds. The largest absolute Gasteiger partial charge is 0.468 e. The van der Waals surface area contributed by atoms with Gasteiger partial charge >= 0.3 is 24.4 Å². The van der Waals surface area contributed by atoms with E-state index in [0.29, 0.717) is 48.9 Å². The number of esters is 1. The number of aryl methyl sites for hydroxylation is 1. The fourth-order valence-electron chi connectivity index (χ4n) is 6.55. The highest BCUT2D eigenvalue weighted by atomic mass is 19.4. The molecule has 0 radical (unpaired) electrons. The van der Waals surface area contributed by atoms with Gasteiger partial charge in [0.05, 0.1) is 30.5 Å². The van der Waals surface area contributed by atoms with E-state index in [1.54, 1.807) is 24.1 Å². The molecule has 1 aliphatic heterocycles. The van der Waals surface area contributed by atoms with E-state index in [-0.39, 0.29) is 36.8 Å². The maximum absolute atomic E-state index is 13.7. The van der Waals surface area contributed by atoms with E-state index in [0.717, 1.165) is 12.8 Å². The standard InChI is InChI=1S/C32H36F6N6O4/c1-4-25-12-26(18-44(25)29(46)48-19-30(27(45)47-3)7-5-6-8-30)43(28-39-13-21(14-40-28)22-15-41-42(2)17-22)16-20-9-23(31(33,34)35)11-24(10-20)32(36,37)38/h9-11,13-15,17,25-26H,4-8,12,16,18-19H2,1-3H3/t25-,26+/m1/s1. The molecule has 1 saturated heterocycles. The average molecular weight is 683 g/mol. The van der Waals surface area contributed by atoms with Crippen molar-refractivity contribution in [2.24, 2.45) is 12.5 Å². The first-order valence-corrected chi connectivity index (χ1v) is 15.5. The molecule has 16 heteroatoms. The molecular formula is C32H36F6N6O4.